The topological polar surface area (TPSA) is 124 Å². The minimum absolute atomic E-state index is 0.0411. The SMILES string of the molecule is C=C(C)C(=O)OCC(O)COC(=O)Cc1cc(CC)c(O)c(-n2nc3ccc(I)cc3n2)c1. The van der Waals surface area contributed by atoms with E-state index in [2.05, 4.69) is 39.4 Å². The number of fused-ring (bicyclic) bond motifs is 1. The first-order valence-corrected chi connectivity index (χ1v) is 11.3. The van der Waals surface area contributed by atoms with Crippen molar-refractivity contribution >= 4 is 45.6 Å². The molecule has 2 aromatic carbocycles. The normalized spacial score (nSPS) is 11.9. The van der Waals surface area contributed by atoms with E-state index >= 15 is 0 Å². The number of esters is 2. The number of phenolic OH excluding ortho intramolecular Hbond substituents is 1. The Morgan fingerprint density at radius 2 is 1.85 bits per heavy atom. The largest absolute Gasteiger partial charge is 0.505 e. The quantitative estimate of drug-likeness (QED) is 0.231. The molecule has 3 rings (SSSR count). The molecule has 9 nitrogen and oxygen atoms in total. The molecule has 0 saturated carbocycles. The Morgan fingerprint density at radius 3 is 2.55 bits per heavy atom. The van der Waals surface area contributed by atoms with E-state index in [-0.39, 0.29) is 31.0 Å². The first-order valence-electron chi connectivity index (χ1n) is 10.2. The summed E-state index contributed by atoms with van der Waals surface area (Å²) in [6.07, 6.45) is -0.702. The number of halogens is 1. The minimum Gasteiger partial charge on any atom is -0.505 e. The van der Waals surface area contributed by atoms with Crippen molar-refractivity contribution in [2.75, 3.05) is 13.2 Å². The Balaban J connectivity index is 1.72. The van der Waals surface area contributed by atoms with E-state index in [4.69, 9.17) is 9.47 Å². The van der Waals surface area contributed by atoms with Gasteiger partial charge in [-0.15, -0.1) is 15.0 Å². The fourth-order valence-electron chi connectivity index (χ4n) is 3.01. The number of aryl methyl sites for hydroxylation is 1. The molecule has 1 unspecified atom stereocenters. The van der Waals surface area contributed by atoms with Crippen molar-refractivity contribution in [3.63, 3.8) is 0 Å². The van der Waals surface area contributed by atoms with Gasteiger partial charge in [-0.05, 0) is 71.3 Å². The lowest BCUT2D eigenvalue weighted by Crippen LogP contribution is -2.26. The predicted octanol–water partition coefficient (Wildman–Crippen LogP) is 2.86. The molecule has 10 heteroatoms. The third kappa shape index (κ3) is 6.29. The number of benzene rings is 2. The van der Waals surface area contributed by atoms with Gasteiger partial charge in [0.2, 0.25) is 0 Å². The number of aromatic hydroxyl groups is 1. The van der Waals surface area contributed by atoms with Gasteiger partial charge in [0.15, 0.2) is 0 Å². The molecule has 0 radical (unpaired) electrons. The maximum atomic E-state index is 12.3. The van der Waals surface area contributed by atoms with Gasteiger partial charge >= 0.3 is 11.9 Å². The van der Waals surface area contributed by atoms with E-state index in [1.165, 1.54) is 11.7 Å². The molecule has 33 heavy (non-hydrogen) atoms. The Bertz CT molecular complexity index is 1210. The molecule has 0 saturated heterocycles. The van der Waals surface area contributed by atoms with Crippen LogP contribution in [0.4, 0.5) is 0 Å². The standard InChI is InChI=1S/C23H24IN3O6/c1-4-15-7-14(9-21(29)32-11-17(28)12-33-23(31)13(2)3)8-20(22(15)30)27-25-18-6-5-16(24)10-19(18)26-27/h5-8,10,17,28,30H,2,4,9,11-12H2,1,3H3. The van der Waals surface area contributed by atoms with Crippen LogP contribution in [0.1, 0.15) is 25.0 Å². The summed E-state index contributed by atoms with van der Waals surface area (Å²) in [4.78, 5) is 25.0. The summed E-state index contributed by atoms with van der Waals surface area (Å²) in [5, 5.41) is 29.4. The molecule has 0 bridgehead atoms. The maximum Gasteiger partial charge on any atom is 0.333 e. The van der Waals surface area contributed by atoms with Crippen molar-refractivity contribution < 1.29 is 29.3 Å². The van der Waals surface area contributed by atoms with Crippen LogP contribution in [0, 0.1) is 3.57 Å². The number of aromatic nitrogens is 3. The average molecular weight is 565 g/mol. The summed E-state index contributed by atoms with van der Waals surface area (Å²) in [7, 11) is 0. The van der Waals surface area contributed by atoms with Gasteiger partial charge in [-0.1, -0.05) is 19.6 Å². The highest BCUT2D eigenvalue weighted by Crippen LogP contribution is 2.29. The molecule has 0 spiro atoms. The van der Waals surface area contributed by atoms with Gasteiger partial charge in [-0.25, -0.2) is 4.79 Å². The van der Waals surface area contributed by atoms with Crippen molar-refractivity contribution in [3.05, 3.63) is 57.2 Å². The third-order valence-electron chi connectivity index (χ3n) is 4.71. The fourth-order valence-corrected chi connectivity index (χ4v) is 3.49. The summed E-state index contributed by atoms with van der Waals surface area (Å²) in [6, 6.07) is 9.00. The highest BCUT2D eigenvalue weighted by atomic mass is 127. The lowest BCUT2D eigenvalue weighted by atomic mass is 10.0. The highest BCUT2D eigenvalue weighted by Gasteiger charge is 2.17. The van der Waals surface area contributed by atoms with Crippen molar-refractivity contribution in [2.45, 2.75) is 32.8 Å². The second kappa shape index (κ2) is 10.8. The molecule has 0 aliphatic rings. The number of phenols is 1. The smallest absolute Gasteiger partial charge is 0.333 e. The Labute approximate surface area is 204 Å². The molecule has 3 aromatic rings. The molecule has 174 valence electrons. The monoisotopic (exact) mass is 565 g/mol. The number of hydrogen-bond acceptors (Lipinski definition) is 8. The summed E-state index contributed by atoms with van der Waals surface area (Å²) >= 11 is 2.19. The fraction of sp³-hybridized carbons (Fsp3) is 0.304. The highest BCUT2D eigenvalue weighted by molar-refractivity contribution is 14.1. The maximum absolute atomic E-state index is 12.3. The van der Waals surface area contributed by atoms with Crippen LogP contribution in [0.5, 0.6) is 5.75 Å². The molecule has 1 heterocycles. The van der Waals surface area contributed by atoms with Crippen LogP contribution in [0.15, 0.2) is 42.5 Å². The zero-order valence-electron chi connectivity index (χ0n) is 18.2. The van der Waals surface area contributed by atoms with Gasteiger partial charge in [0.05, 0.1) is 6.42 Å². The second-order valence-electron chi connectivity index (χ2n) is 7.49. The number of aliphatic hydroxyl groups excluding tert-OH is 1. The molecule has 0 amide bonds. The lowest BCUT2D eigenvalue weighted by Gasteiger charge is -2.13. The van der Waals surface area contributed by atoms with E-state index in [1.54, 1.807) is 12.1 Å². The van der Waals surface area contributed by atoms with Gasteiger partial charge in [0.25, 0.3) is 0 Å². The first kappa shape index (κ1) is 24.6. The Morgan fingerprint density at radius 1 is 1.15 bits per heavy atom. The van der Waals surface area contributed by atoms with Crippen LogP contribution < -0.4 is 0 Å². The van der Waals surface area contributed by atoms with Crippen LogP contribution in [0.25, 0.3) is 16.7 Å². The Hall–Kier alpha value is -2.99. The van der Waals surface area contributed by atoms with Crippen LogP contribution >= 0.6 is 22.6 Å². The summed E-state index contributed by atoms with van der Waals surface area (Å²) < 4.78 is 11.0. The molecule has 1 atom stereocenters. The molecule has 2 N–H and O–H groups in total. The zero-order chi connectivity index (χ0) is 24.1. The van der Waals surface area contributed by atoms with Crippen LogP contribution in [-0.2, 0) is 31.9 Å². The zero-order valence-corrected chi connectivity index (χ0v) is 20.4. The van der Waals surface area contributed by atoms with Crippen molar-refractivity contribution in [1.82, 2.24) is 15.0 Å². The first-order chi connectivity index (χ1) is 15.7. The molecular weight excluding hydrogens is 541 g/mol. The van der Waals surface area contributed by atoms with Crippen LogP contribution in [0.2, 0.25) is 0 Å². The molecule has 0 aliphatic heterocycles. The van der Waals surface area contributed by atoms with Crippen molar-refractivity contribution in [3.8, 4) is 11.4 Å². The average Bonchev–Trinajstić information content (AvgIpc) is 3.19. The van der Waals surface area contributed by atoms with Gasteiger partial charge in [0.1, 0.15) is 41.8 Å². The number of ether oxygens (including phenoxy) is 2. The number of rotatable bonds is 9. The summed E-state index contributed by atoms with van der Waals surface area (Å²) in [5.74, 6) is -1.16. The lowest BCUT2D eigenvalue weighted by molar-refractivity contribution is -0.149. The number of carbonyl (C=O) groups is 2. The third-order valence-corrected chi connectivity index (χ3v) is 5.38. The molecule has 1 aromatic heterocycles. The number of hydrogen-bond donors (Lipinski definition) is 2. The molecule has 0 aliphatic carbocycles. The van der Waals surface area contributed by atoms with Gasteiger partial charge in [-0.3, -0.25) is 4.79 Å². The van der Waals surface area contributed by atoms with Gasteiger partial charge < -0.3 is 19.7 Å². The molecular formula is C23H24IN3O6. The van der Waals surface area contributed by atoms with E-state index < -0.39 is 18.0 Å². The summed E-state index contributed by atoms with van der Waals surface area (Å²) in [5.41, 5.74) is 3.17. The second-order valence-corrected chi connectivity index (χ2v) is 8.74. The number of aliphatic hydroxyl groups is 1. The molecule has 0 fully saturated rings. The number of nitrogens with zero attached hydrogens (tertiary/aromatic N) is 3. The van der Waals surface area contributed by atoms with E-state index in [0.29, 0.717) is 34.3 Å². The van der Waals surface area contributed by atoms with Crippen molar-refractivity contribution in [2.24, 2.45) is 0 Å². The Kier molecular flexibility index (Phi) is 8.03. The predicted molar refractivity (Wildman–Crippen MR) is 129 cm³/mol. The van der Waals surface area contributed by atoms with Crippen LogP contribution in [-0.4, -0.2) is 56.5 Å². The van der Waals surface area contributed by atoms with Gasteiger partial charge in [0, 0.05) is 9.14 Å². The van der Waals surface area contributed by atoms with Crippen LogP contribution in [0.3, 0.4) is 0 Å². The van der Waals surface area contributed by atoms with E-state index in [9.17, 15) is 19.8 Å². The van der Waals surface area contributed by atoms with Crippen molar-refractivity contribution in [1.29, 1.82) is 0 Å². The number of carbonyl (C=O) groups excluding carboxylic acids is 2. The minimum atomic E-state index is -1.15. The van der Waals surface area contributed by atoms with E-state index in [1.807, 2.05) is 25.1 Å². The van der Waals surface area contributed by atoms with E-state index in [0.717, 1.165) is 3.57 Å². The summed E-state index contributed by atoms with van der Waals surface area (Å²) in [6.45, 7) is 6.20. The van der Waals surface area contributed by atoms with Gasteiger partial charge in [-0.2, -0.15) is 0 Å².